The minimum absolute atomic E-state index is 0.0533. The molecule has 0 aliphatic carbocycles. The fraction of sp³-hybridized carbons (Fsp3) is 0.182. The normalized spacial score (nSPS) is 10.3. The van der Waals surface area contributed by atoms with Gasteiger partial charge in [-0.2, -0.15) is 5.26 Å². The minimum Gasteiger partial charge on any atom is -0.316 e. The highest BCUT2D eigenvalue weighted by Gasteiger charge is 2.13. The van der Waals surface area contributed by atoms with Crippen LogP contribution < -0.4 is 16.4 Å². The number of fused-ring (bicyclic) bond motifs is 1. The second kappa shape index (κ2) is 5.33. The maximum absolute atomic E-state index is 11.3. The first kappa shape index (κ1) is 13.4. The van der Waals surface area contributed by atoms with Crippen molar-refractivity contribution in [3.05, 3.63) is 48.5 Å². The number of nitrogens with one attached hydrogen (secondary N) is 3. The number of hydrogen-bond donors (Lipinski definition) is 3. The highest BCUT2D eigenvalue weighted by Crippen LogP contribution is 2.21. The monoisotopic (exact) mass is 275 g/mol. The summed E-state index contributed by atoms with van der Waals surface area (Å²) in [5.41, 5.74) is -1.06. The number of nitro benzene ring substituents is 1. The molecular formula is C11H9N5O4. The average molecular weight is 275 g/mol. The summed E-state index contributed by atoms with van der Waals surface area (Å²) in [6, 6.07) is 4.32. The molecular weight excluding hydrogens is 266 g/mol. The van der Waals surface area contributed by atoms with E-state index >= 15 is 0 Å². The van der Waals surface area contributed by atoms with E-state index < -0.39 is 16.0 Å². The van der Waals surface area contributed by atoms with Gasteiger partial charge in [0.05, 0.1) is 28.6 Å². The molecule has 0 amide bonds. The van der Waals surface area contributed by atoms with Crippen LogP contribution in [0.2, 0.25) is 0 Å². The first-order chi connectivity index (χ1) is 9.52. The van der Waals surface area contributed by atoms with Gasteiger partial charge in [0.25, 0.3) is 5.69 Å². The Labute approximate surface area is 111 Å². The van der Waals surface area contributed by atoms with Crippen molar-refractivity contribution in [2.75, 3.05) is 6.54 Å². The van der Waals surface area contributed by atoms with Crippen LogP contribution in [-0.4, -0.2) is 21.4 Å². The molecule has 2 aromatic rings. The van der Waals surface area contributed by atoms with Gasteiger partial charge < -0.3 is 15.3 Å². The van der Waals surface area contributed by atoms with E-state index in [9.17, 15) is 19.7 Å². The van der Waals surface area contributed by atoms with Crippen LogP contribution in [0, 0.1) is 21.4 Å². The largest absolute Gasteiger partial charge is 0.316 e. The van der Waals surface area contributed by atoms with Crippen LogP contribution >= 0.6 is 0 Å². The Morgan fingerprint density at radius 2 is 2.00 bits per heavy atom. The molecule has 0 aliphatic rings. The third-order valence-electron chi connectivity index (χ3n) is 2.63. The summed E-state index contributed by atoms with van der Waals surface area (Å²) in [6.45, 7) is 0.200. The van der Waals surface area contributed by atoms with E-state index in [0.29, 0.717) is 11.1 Å². The number of aromatic nitrogens is 2. The van der Waals surface area contributed by atoms with E-state index in [4.69, 9.17) is 5.26 Å². The molecule has 20 heavy (non-hydrogen) atoms. The lowest BCUT2D eigenvalue weighted by atomic mass is 10.1. The van der Waals surface area contributed by atoms with Crippen molar-refractivity contribution in [3.63, 3.8) is 0 Å². The Hall–Kier alpha value is -2.99. The van der Waals surface area contributed by atoms with Crippen LogP contribution in [0.3, 0.4) is 0 Å². The molecule has 0 radical (unpaired) electrons. The van der Waals surface area contributed by atoms with Crippen LogP contribution in [-0.2, 0) is 6.54 Å². The summed E-state index contributed by atoms with van der Waals surface area (Å²) in [5, 5.41) is 22.0. The summed E-state index contributed by atoms with van der Waals surface area (Å²) < 4.78 is 0. The zero-order chi connectivity index (χ0) is 14.7. The Bertz CT molecular complexity index is 829. The lowest BCUT2D eigenvalue weighted by molar-refractivity contribution is -0.384. The molecule has 3 N–H and O–H groups in total. The number of non-ortho nitro benzene ring substituents is 1. The molecule has 9 heteroatoms. The number of nitriles is 1. The molecule has 0 unspecified atom stereocenters. The van der Waals surface area contributed by atoms with E-state index in [-0.39, 0.29) is 24.3 Å². The van der Waals surface area contributed by atoms with Crippen molar-refractivity contribution in [1.82, 2.24) is 15.3 Å². The predicted molar refractivity (Wildman–Crippen MR) is 69.2 cm³/mol. The topological polar surface area (TPSA) is 145 Å². The van der Waals surface area contributed by atoms with Crippen LogP contribution in [0.1, 0.15) is 5.56 Å². The summed E-state index contributed by atoms with van der Waals surface area (Å²) >= 11 is 0. The molecule has 0 spiro atoms. The molecule has 1 heterocycles. The number of hydrogen-bond acceptors (Lipinski definition) is 6. The van der Waals surface area contributed by atoms with Gasteiger partial charge in [-0.25, -0.2) is 0 Å². The molecule has 0 fully saturated rings. The van der Waals surface area contributed by atoms with Gasteiger partial charge in [0.2, 0.25) is 0 Å². The smallest absolute Gasteiger partial charge is 0.314 e. The number of nitro groups is 1. The highest BCUT2D eigenvalue weighted by molar-refractivity contribution is 5.80. The quantitative estimate of drug-likeness (QED) is 0.230. The van der Waals surface area contributed by atoms with Gasteiger partial charge in [0.15, 0.2) is 0 Å². The van der Waals surface area contributed by atoms with Gasteiger partial charge in [-0.15, -0.1) is 0 Å². The summed E-state index contributed by atoms with van der Waals surface area (Å²) in [4.78, 5) is 37.5. The molecule has 102 valence electrons. The SMILES string of the molecule is N#CCNCc1cc([N+](=O)[O-])cc2[nH]c(=O)c(=O)[nH]c12. The van der Waals surface area contributed by atoms with E-state index in [1.54, 1.807) is 0 Å². The number of rotatable bonds is 4. The van der Waals surface area contributed by atoms with Gasteiger partial charge in [0.1, 0.15) is 0 Å². The summed E-state index contributed by atoms with van der Waals surface area (Å²) in [7, 11) is 0. The van der Waals surface area contributed by atoms with Crippen molar-refractivity contribution in [1.29, 1.82) is 5.26 Å². The van der Waals surface area contributed by atoms with Crippen molar-refractivity contribution < 1.29 is 4.92 Å². The van der Waals surface area contributed by atoms with Crippen LogP contribution in [0.4, 0.5) is 5.69 Å². The zero-order valence-corrected chi connectivity index (χ0v) is 10.1. The third-order valence-corrected chi connectivity index (χ3v) is 2.63. The predicted octanol–water partition coefficient (Wildman–Crippen LogP) is -0.262. The summed E-state index contributed by atoms with van der Waals surface area (Å²) in [5.74, 6) is 0. The fourth-order valence-electron chi connectivity index (χ4n) is 1.78. The minimum atomic E-state index is -0.881. The second-order valence-corrected chi connectivity index (χ2v) is 3.95. The first-order valence-electron chi connectivity index (χ1n) is 5.54. The summed E-state index contributed by atoms with van der Waals surface area (Å²) in [6.07, 6.45) is 0. The number of aromatic amines is 2. The molecule has 2 rings (SSSR count). The molecule has 0 aliphatic heterocycles. The van der Waals surface area contributed by atoms with Crippen molar-refractivity contribution in [3.8, 4) is 6.07 Å². The molecule has 0 atom stereocenters. The fourth-order valence-corrected chi connectivity index (χ4v) is 1.78. The number of H-pyrrole nitrogens is 2. The van der Waals surface area contributed by atoms with Crippen LogP contribution in [0.15, 0.2) is 21.7 Å². The standard InChI is InChI=1S/C11H9N5O4/c12-1-2-13-5-6-3-7(16(19)20)4-8-9(6)15-11(18)10(17)14-8/h3-4,13H,2,5H2,(H,14,17)(H,15,18). The van der Waals surface area contributed by atoms with E-state index in [2.05, 4.69) is 15.3 Å². The Morgan fingerprint density at radius 3 is 2.65 bits per heavy atom. The van der Waals surface area contributed by atoms with Crippen LogP contribution in [0.25, 0.3) is 11.0 Å². The Kier molecular flexibility index (Phi) is 3.58. The van der Waals surface area contributed by atoms with Gasteiger partial charge in [0, 0.05) is 18.7 Å². The molecule has 0 saturated carbocycles. The Morgan fingerprint density at radius 1 is 1.30 bits per heavy atom. The van der Waals surface area contributed by atoms with Crippen molar-refractivity contribution in [2.24, 2.45) is 0 Å². The Balaban J connectivity index is 2.65. The van der Waals surface area contributed by atoms with E-state index in [1.807, 2.05) is 6.07 Å². The second-order valence-electron chi connectivity index (χ2n) is 3.95. The molecule has 0 saturated heterocycles. The van der Waals surface area contributed by atoms with Gasteiger partial charge in [-0.05, 0) is 5.56 Å². The van der Waals surface area contributed by atoms with Gasteiger partial charge >= 0.3 is 11.1 Å². The van der Waals surface area contributed by atoms with Crippen LogP contribution in [0.5, 0.6) is 0 Å². The lowest BCUT2D eigenvalue weighted by Crippen LogP contribution is -2.29. The molecule has 0 bridgehead atoms. The first-order valence-corrected chi connectivity index (χ1v) is 5.54. The van der Waals surface area contributed by atoms with Crippen molar-refractivity contribution in [2.45, 2.75) is 6.54 Å². The zero-order valence-electron chi connectivity index (χ0n) is 10.1. The lowest BCUT2D eigenvalue weighted by Gasteiger charge is -2.06. The van der Waals surface area contributed by atoms with E-state index in [1.165, 1.54) is 12.1 Å². The maximum Gasteiger partial charge on any atom is 0.314 e. The maximum atomic E-state index is 11.3. The highest BCUT2D eigenvalue weighted by atomic mass is 16.6. The molecule has 1 aromatic heterocycles. The number of benzene rings is 1. The average Bonchev–Trinajstić information content (AvgIpc) is 2.40. The van der Waals surface area contributed by atoms with Gasteiger partial charge in [-0.1, -0.05) is 0 Å². The van der Waals surface area contributed by atoms with Gasteiger partial charge in [-0.3, -0.25) is 19.7 Å². The molecule has 9 nitrogen and oxygen atoms in total. The third kappa shape index (κ3) is 2.55. The van der Waals surface area contributed by atoms with E-state index in [0.717, 1.165) is 0 Å². The molecule has 1 aromatic carbocycles. The number of nitrogens with zero attached hydrogens (tertiary/aromatic N) is 2. The van der Waals surface area contributed by atoms with Crippen molar-refractivity contribution >= 4 is 16.7 Å².